The maximum absolute atomic E-state index is 12.0. The van der Waals surface area contributed by atoms with Gasteiger partial charge in [0.05, 0.1) is 14.2 Å². The number of hydrogen-bond acceptors (Lipinski definition) is 5. The first-order chi connectivity index (χ1) is 13.0. The van der Waals surface area contributed by atoms with Crippen LogP contribution in [-0.4, -0.2) is 36.8 Å². The quantitative estimate of drug-likeness (QED) is 0.813. The van der Waals surface area contributed by atoms with E-state index in [0.29, 0.717) is 47.8 Å². The highest BCUT2D eigenvalue weighted by Gasteiger charge is 2.54. The monoisotopic (exact) mass is 369 g/mol. The maximum Gasteiger partial charge on any atom is 0.348 e. The molecule has 2 aromatic carbocycles. The van der Waals surface area contributed by atoms with Gasteiger partial charge in [-0.2, -0.15) is 0 Å². The smallest absolute Gasteiger partial charge is 0.348 e. The van der Waals surface area contributed by atoms with Crippen LogP contribution in [0.15, 0.2) is 30.3 Å². The number of carbonyl (C=O) groups is 2. The SMILES string of the molecule is COc1ccc(-c2cccc3c2CNC3=O)c(OC2(C(=O)O)CC2)c1OC. The molecular formula is C20H19NO6. The number of ether oxygens (including phenoxy) is 3. The second-order valence-electron chi connectivity index (χ2n) is 6.59. The molecule has 1 amide bonds. The van der Waals surface area contributed by atoms with Crippen molar-refractivity contribution >= 4 is 11.9 Å². The van der Waals surface area contributed by atoms with Gasteiger partial charge in [-0.15, -0.1) is 0 Å². The molecule has 0 saturated heterocycles. The number of carbonyl (C=O) groups excluding carboxylic acids is 1. The van der Waals surface area contributed by atoms with Crippen LogP contribution in [0.3, 0.4) is 0 Å². The summed E-state index contributed by atoms with van der Waals surface area (Å²) in [5.74, 6) is -0.0476. The van der Waals surface area contributed by atoms with E-state index in [1.165, 1.54) is 14.2 Å². The van der Waals surface area contributed by atoms with Crippen LogP contribution in [0.5, 0.6) is 17.2 Å². The van der Waals surface area contributed by atoms with E-state index < -0.39 is 11.6 Å². The summed E-state index contributed by atoms with van der Waals surface area (Å²) in [5, 5.41) is 12.4. The summed E-state index contributed by atoms with van der Waals surface area (Å²) in [6.07, 6.45) is 0.851. The first-order valence-electron chi connectivity index (χ1n) is 8.58. The van der Waals surface area contributed by atoms with Gasteiger partial charge in [0.1, 0.15) is 0 Å². The van der Waals surface area contributed by atoms with Gasteiger partial charge in [0.2, 0.25) is 11.4 Å². The molecule has 140 valence electrons. The zero-order valence-corrected chi connectivity index (χ0v) is 15.0. The second-order valence-corrected chi connectivity index (χ2v) is 6.59. The lowest BCUT2D eigenvalue weighted by Crippen LogP contribution is -2.29. The predicted molar refractivity (Wildman–Crippen MR) is 96.4 cm³/mol. The van der Waals surface area contributed by atoms with Crippen molar-refractivity contribution in [2.75, 3.05) is 14.2 Å². The van der Waals surface area contributed by atoms with E-state index in [2.05, 4.69) is 5.32 Å². The fourth-order valence-corrected chi connectivity index (χ4v) is 3.39. The summed E-state index contributed by atoms with van der Waals surface area (Å²) in [6.45, 7) is 0.405. The lowest BCUT2D eigenvalue weighted by Gasteiger charge is -2.22. The first kappa shape index (κ1) is 17.2. The first-order valence-corrected chi connectivity index (χ1v) is 8.58. The second kappa shape index (κ2) is 6.19. The van der Waals surface area contributed by atoms with Crippen LogP contribution in [0.2, 0.25) is 0 Å². The zero-order valence-electron chi connectivity index (χ0n) is 15.0. The average molecular weight is 369 g/mol. The highest BCUT2D eigenvalue weighted by Crippen LogP contribution is 2.51. The van der Waals surface area contributed by atoms with E-state index in [0.717, 1.165) is 11.1 Å². The molecule has 0 unspecified atom stereocenters. The standard InChI is InChI=1S/C20H19NO6/c1-25-15-7-6-12(11-4-3-5-13-14(11)10-21-18(13)22)16(17(15)26-2)27-20(8-9-20)19(23)24/h3-7H,8-10H2,1-2H3,(H,21,22)(H,23,24). The summed E-state index contributed by atoms with van der Waals surface area (Å²) in [7, 11) is 2.99. The molecule has 0 radical (unpaired) electrons. The number of aliphatic carboxylic acids is 1. The minimum Gasteiger partial charge on any atom is -0.493 e. The van der Waals surface area contributed by atoms with Gasteiger partial charge in [-0.25, -0.2) is 4.79 Å². The third-order valence-corrected chi connectivity index (χ3v) is 5.03. The highest BCUT2D eigenvalue weighted by molar-refractivity contribution is 6.01. The third kappa shape index (κ3) is 2.66. The Kier molecular flexibility index (Phi) is 3.95. The number of methoxy groups -OCH3 is 2. The van der Waals surface area contributed by atoms with Gasteiger partial charge in [0, 0.05) is 30.5 Å². The Hall–Kier alpha value is -3.22. The van der Waals surface area contributed by atoms with E-state index in [4.69, 9.17) is 14.2 Å². The van der Waals surface area contributed by atoms with Crippen LogP contribution in [0, 0.1) is 0 Å². The van der Waals surface area contributed by atoms with Crippen molar-refractivity contribution < 1.29 is 28.9 Å². The van der Waals surface area contributed by atoms with Crippen LogP contribution >= 0.6 is 0 Å². The molecule has 1 fully saturated rings. The molecule has 2 aliphatic rings. The van der Waals surface area contributed by atoms with Gasteiger partial charge < -0.3 is 24.6 Å². The van der Waals surface area contributed by atoms with Gasteiger partial charge in [0.15, 0.2) is 11.5 Å². The molecule has 2 aromatic rings. The van der Waals surface area contributed by atoms with Gasteiger partial charge in [-0.05, 0) is 29.3 Å². The normalized spacial score (nSPS) is 16.3. The molecule has 0 spiro atoms. The number of hydrogen-bond donors (Lipinski definition) is 2. The van der Waals surface area contributed by atoms with Crippen molar-refractivity contribution in [3.8, 4) is 28.4 Å². The third-order valence-electron chi connectivity index (χ3n) is 5.03. The Morgan fingerprint density at radius 1 is 1.04 bits per heavy atom. The van der Waals surface area contributed by atoms with Crippen LogP contribution in [-0.2, 0) is 11.3 Å². The van der Waals surface area contributed by atoms with Crippen LogP contribution in [0.25, 0.3) is 11.1 Å². The molecule has 0 atom stereocenters. The van der Waals surface area contributed by atoms with Crippen molar-refractivity contribution in [3.05, 3.63) is 41.5 Å². The van der Waals surface area contributed by atoms with Crippen LogP contribution in [0.1, 0.15) is 28.8 Å². The number of carboxylic acid groups (broad SMARTS) is 1. The van der Waals surface area contributed by atoms with E-state index in [1.807, 2.05) is 6.07 Å². The lowest BCUT2D eigenvalue weighted by atomic mass is 9.95. The van der Waals surface area contributed by atoms with Crippen LogP contribution < -0.4 is 19.5 Å². The Labute approximate surface area is 155 Å². The highest BCUT2D eigenvalue weighted by atomic mass is 16.6. The molecule has 1 aliphatic carbocycles. The lowest BCUT2D eigenvalue weighted by molar-refractivity contribution is -0.147. The molecule has 1 heterocycles. The summed E-state index contributed by atoms with van der Waals surface area (Å²) in [4.78, 5) is 23.7. The largest absolute Gasteiger partial charge is 0.493 e. The number of benzene rings is 2. The van der Waals surface area contributed by atoms with E-state index in [-0.39, 0.29) is 5.91 Å². The van der Waals surface area contributed by atoms with Crippen molar-refractivity contribution in [1.82, 2.24) is 5.32 Å². The summed E-state index contributed by atoms with van der Waals surface area (Å²) in [6, 6.07) is 8.98. The summed E-state index contributed by atoms with van der Waals surface area (Å²) < 4.78 is 16.9. The zero-order chi connectivity index (χ0) is 19.2. The molecule has 1 saturated carbocycles. The molecule has 27 heavy (non-hydrogen) atoms. The molecule has 7 nitrogen and oxygen atoms in total. The molecule has 2 N–H and O–H groups in total. The fraction of sp³-hybridized carbons (Fsp3) is 0.300. The molecule has 0 aromatic heterocycles. The topological polar surface area (TPSA) is 94.1 Å². The minimum atomic E-state index is -1.25. The Bertz CT molecular complexity index is 948. The predicted octanol–water partition coefficient (Wildman–Crippen LogP) is 2.61. The minimum absolute atomic E-state index is 0.126. The van der Waals surface area contributed by atoms with Gasteiger partial charge >= 0.3 is 5.97 Å². The van der Waals surface area contributed by atoms with Crippen molar-refractivity contribution in [2.45, 2.75) is 25.0 Å². The van der Waals surface area contributed by atoms with Crippen molar-refractivity contribution in [3.63, 3.8) is 0 Å². The van der Waals surface area contributed by atoms with E-state index >= 15 is 0 Å². The maximum atomic E-state index is 12.0. The van der Waals surface area contributed by atoms with Crippen molar-refractivity contribution in [2.24, 2.45) is 0 Å². The molecule has 0 bridgehead atoms. The summed E-state index contributed by atoms with van der Waals surface area (Å²) >= 11 is 0. The Balaban J connectivity index is 1.92. The number of rotatable bonds is 6. The average Bonchev–Trinajstić information content (AvgIpc) is 3.37. The van der Waals surface area contributed by atoms with Gasteiger partial charge in [0.25, 0.3) is 5.91 Å². The number of fused-ring (bicyclic) bond motifs is 1. The number of carboxylic acids is 1. The van der Waals surface area contributed by atoms with Gasteiger partial charge in [-0.1, -0.05) is 12.1 Å². The van der Waals surface area contributed by atoms with E-state index in [9.17, 15) is 14.7 Å². The molecular weight excluding hydrogens is 350 g/mol. The number of nitrogens with one attached hydrogen (secondary N) is 1. The molecule has 1 aliphatic heterocycles. The summed E-state index contributed by atoms with van der Waals surface area (Å²) in [5.41, 5.74) is 1.66. The van der Waals surface area contributed by atoms with E-state index in [1.54, 1.807) is 24.3 Å². The van der Waals surface area contributed by atoms with Crippen molar-refractivity contribution in [1.29, 1.82) is 0 Å². The molecule has 4 rings (SSSR count). The Morgan fingerprint density at radius 3 is 2.41 bits per heavy atom. The fourth-order valence-electron chi connectivity index (χ4n) is 3.39. The number of amides is 1. The van der Waals surface area contributed by atoms with Crippen LogP contribution in [0.4, 0.5) is 0 Å². The van der Waals surface area contributed by atoms with Gasteiger partial charge in [-0.3, -0.25) is 4.79 Å². The molecule has 7 heteroatoms. The Morgan fingerprint density at radius 2 is 1.78 bits per heavy atom.